The average Bonchev–Trinajstić information content (AvgIpc) is 2.38. The zero-order valence-corrected chi connectivity index (χ0v) is 12.0. The summed E-state index contributed by atoms with van der Waals surface area (Å²) in [5, 5.41) is 15.6. The zero-order valence-electron chi connectivity index (χ0n) is 10.4. The second-order valence-electron chi connectivity index (χ2n) is 4.10. The molecule has 0 aliphatic carbocycles. The Morgan fingerprint density at radius 2 is 2.37 bits per heavy atom. The Kier molecular flexibility index (Phi) is 5.77. The molecular formula is C12H13BrFN5. The molecule has 1 rings (SSSR count). The summed E-state index contributed by atoms with van der Waals surface area (Å²) in [5.74, 6) is -0.444. The van der Waals surface area contributed by atoms with Crippen LogP contribution in [0.25, 0.3) is 10.4 Å². The molecule has 1 atom stereocenters. The largest absolute Gasteiger partial charge is 0.296 e. The lowest BCUT2D eigenvalue weighted by Gasteiger charge is -2.24. The maximum atomic E-state index is 13.9. The maximum absolute atomic E-state index is 13.9. The van der Waals surface area contributed by atoms with Gasteiger partial charge in [-0.15, -0.1) is 0 Å². The van der Waals surface area contributed by atoms with Crippen molar-refractivity contribution < 1.29 is 4.39 Å². The van der Waals surface area contributed by atoms with Gasteiger partial charge in [-0.25, -0.2) is 4.39 Å². The smallest absolute Gasteiger partial charge is 0.132 e. The molecule has 1 aromatic carbocycles. The maximum Gasteiger partial charge on any atom is 0.132 e. The van der Waals surface area contributed by atoms with Gasteiger partial charge in [-0.1, -0.05) is 27.1 Å². The van der Waals surface area contributed by atoms with Crippen molar-refractivity contribution in [2.45, 2.75) is 18.9 Å². The Morgan fingerprint density at radius 3 is 2.95 bits per heavy atom. The van der Waals surface area contributed by atoms with Gasteiger partial charge >= 0.3 is 0 Å². The number of nitrogens with zero attached hydrogens (tertiary/aromatic N) is 4. The third-order valence-corrected chi connectivity index (χ3v) is 3.16. The van der Waals surface area contributed by atoms with Crippen LogP contribution in [0.4, 0.5) is 4.39 Å². The van der Waals surface area contributed by atoms with E-state index in [0.29, 0.717) is 29.5 Å². The minimum atomic E-state index is -1.11. The van der Waals surface area contributed by atoms with Gasteiger partial charge in [0.15, 0.2) is 0 Å². The summed E-state index contributed by atoms with van der Waals surface area (Å²) < 4.78 is 14.5. The van der Waals surface area contributed by atoms with Crippen molar-refractivity contribution >= 4 is 15.9 Å². The highest BCUT2D eigenvalue weighted by Crippen LogP contribution is 2.25. The van der Waals surface area contributed by atoms with Crippen LogP contribution >= 0.6 is 15.9 Å². The molecule has 0 aliphatic rings. The molecule has 0 saturated heterocycles. The van der Waals surface area contributed by atoms with E-state index >= 15 is 0 Å². The van der Waals surface area contributed by atoms with Crippen LogP contribution in [0.15, 0.2) is 27.8 Å². The molecule has 0 fully saturated rings. The van der Waals surface area contributed by atoms with Gasteiger partial charge in [0.2, 0.25) is 0 Å². The first-order valence-corrected chi connectivity index (χ1v) is 6.45. The van der Waals surface area contributed by atoms with Crippen LogP contribution in [-0.2, 0) is 5.54 Å². The van der Waals surface area contributed by atoms with Crippen molar-refractivity contribution in [3.05, 3.63) is 44.5 Å². The summed E-state index contributed by atoms with van der Waals surface area (Å²) in [5.41, 5.74) is 7.33. The van der Waals surface area contributed by atoms with E-state index in [1.54, 1.807) is 19.1 Å². The first kappa shape index (κ1) is 15.4. The molecule has 1 N–H and O–H groups in total. The Bertz CT molecular complexity index is 535. The molecule has 7 heteroatoms. The SMILES string of the molecule is CC(C#N)(NCCCN=[N+]=[N-])c1ccc(Br)cc1F. The summed E-state index contributed by atoms with van der Waals surface area (Å²) in [6.07, 6.45) is 0.583. The van der Waals surface area contributed by atoms with Crippen LogP contribution < -0.4 is 5.32 Å². The molecule has 0 spiro atoms. The van der Waals surface area contributed by atoms with Crippen LogP contribution in [0, 0.1) is 17.1 Å². The first-order chi connectivity index (χ1) is 9.03. The summed E-state index contributed by atoms with van der Waals surface area (Å²) in [7, 11) is 0. The fourth-order valence-electron chi connectivity index (χ4n) is 1.62. The van der Waals surface area contributed by atoms with E-state index < -0.39 is 11.4 Å². The van der Waals surface area contributed by atoms with E-state index in [0.717, 1.165) is 0 Å². The van der Waals surface area contributed by atoms with E-state index in [-0.39, 0.29) is 0 Å². The number of halogens is 2. The van der Waals surface area contributed by atoms with Gasteiger partial charge < -0.3 is 0 Å². The predicted molar refractivity (Wildman–Crippen MR) is 73.7 cm³/mol. The van der Waals surface area contributed by atoms with Crippen molar-refractivity contribution in [2.75, 3.05) is 13.1 Å². The van der Waals surface area contributed by atoms with Crippen LogP contribution in [-0.4, -0.2) is 13.1 Å². The van der Waals surface area contributed by atoms with E-state index in [4.69, 9.17) is 5.53 Å². The highest BCUT2D eigenvalue weighted by Gasteiger charge is 2.28. The van der Waals surface area contributed by atoms with Gasteiger partial charge in [-0.3, -0.25) is 5.32 Å². The van der Waals surface area contributed by atoms with Crippen molar-refractivity contribution in [1.29, 1.82) is 5.26 Å². The lowest BCUT2D eigenvalue weighted by molar-refractivity contribution is 0.438. The van der Waals surface area contributed by atoms with Crippen LogP contribution in [0.3, 0.4) is 0 Å². The summed E-state index contributed by atoms with van der Waals surface area (Å²) in [6.45, 7) is 2.42. The second kappa shape index (κ2) is 7.10. The third-order valence-electron chi connectivity index (χ3n) is 2.67. The Morgan fingerprint density at radius 1 is 1.63 bits per heavy atom. The molecule has 0 saturated carbocycles. The Labute approximate surface area is 119 Å². The molecule has 0 heterocycles. The molecule has 0 aromatic heterocycles. The van der Waals surface area contributed by atoms with Gasteiger partial charge in [0.1, 0.15) is 11.4 Å². The monoisotopic (exact) mass is 325 g/mol. The highest BCUT2D eigenvalue weighted by molar-refractivity contribution is 9.10. The molecule has 0 amide bonds. The Balaban J connectivity index is 2.79. The fraction of sp³-hybridized carbons (Fsp3) is 0.417. The Hall–Kier alpha value is -1.61. The van der Waals surface area contributed by atoms with Crippen LogP contribution in [0.1, 0.15) is 18.9 Å². The lowest BCUT2D eigenvalue weighted by atomic mass is 9.93. The van der Waals surface area contributed by atoms with Crippen molar-refractivity contribution in [3.8, 4) is 6.07 Å². The predicted octanol–water partition coefficient (Wildman–Crippen LogP) is 3.62. The molecular weight excluding hydrogens is 313 g/mol. The molecule has 0 aliphatic heterocycles. The first-order valence-electron chi connectivity index (χ1n) is 5.66. The number of hydrogen-bond donors (Lipinski definition) is 1. The number of benzene rings is 1. The quantitative estimate of drug-likeness (QED) is 0.375. The standard InChI is InChI=1S/C12H13BrFN5/c1-12(8-15,17-5-2-6-18-19-16)10-4-3-9(13)7-11(10)14/h3-4,7,17H,2,5-6H2,1H3. The molecule has 0 bridgehead atoms. The minimum absolute atomic E-state index is 0.294. The topological polar surface area (TPSA) is 84.6 Å². The van der Waals surface area contributed by atoms with Gasteiger partial charge in [-0.05, 0) is 37.6 Å². The minimum Gasteiger partial charge on any atom is -0.296 e. The number of nitriles is 1. The zero-order chi connectivity index (χ0) is 14.3. The van der Waals surface area contributed by atoms with E-state index in [2.05, 4.69) is 37.3 Å². The van der Waals surface area contributed by atoms with Crippen molar-refractivity contribution in [2.24, 2.45) is 5.11 Å². The fourth-order valence-corrected chi connectivity index (χ4v) is 1.96. The van der Waals surface area contributed by atoms with Crippen LogP contribution in [0.5, 0.6) is 0 Å². The normalized spacial score (nSPS) is 13.2. The van der Waals surface area contributed by atoms with Crippen LogP contribution in [0.2, 0.25) is 0 Å². The summed E-state index contributed by atoms with van der Waals surface area (Å²) in [4.78, 5) is 2.64. The molecule has 1 aromatic rings. The molecule has 19 heavy (non-hydrogen) atoms. The molecule has 100 valence electrons. The molecule has 1 unspecified atom stereocenters. The van der Waals surface area contributed by atoms with Gasteiger partial charge in [0, 0.05) is 21.5 Å². The van der Waals surface area contributed by atoms with Gasteiger partial charge in [0.05, 0.1) is 6.07 Å². The molecule has 5 nitrogen and oxygen atoms in total. The second-order valence-corrected chi connectivity index (χ2v) is 5.01. The number of hydrogen-bond acceptors (Lipinski definition) is 3. The van der Waals surface area contributed by atoms with E-state index in [1.807, 2.05) is 0 Å². The van der Waals surface area contributed by atoms with Crippen molar-refractivity contribution in [3.63, 3.8) is 0 Å². The highest BCUT2D eigenvalue weighted by atomic mass is 79.9. The number of rotatable bonds is 6. The molecule has 0 radical (unpaired) electrons. The van der Waals surface area contributed by atoms with E-state index in [1.165, 1.54) is 6.07 Å². The van der Waals surface area contributed by atoms with Gasteiger partial charge in [-0.2, -0.15) is 5.26 Å². The number of azide groups is 1. The van der Waals surface area contributed by atoms with Crippen molar-refractivity contribution in [1.82, 2.24) is 5.32 Å². The third kappa shape index (κ3) is 4.21. The van der Waals surface area contributed by atoms with E-state index in [9.17, 15) is 9.65 Å². The summed E-state index contributed by atoms with van der Waals surface area (Å²) >= 11 is 3.18. The van der Waals surface area contributed by atoms with Gasteiger partial charge in [0.25, 0.3) is 0 Å². The number of nitrogens with one attached hydrogen (secondary N) is 1. The summed E-state index contributed by atoms with van der Waals surface area (Å²) in [6, 6.07) is 6.66. The average molecular weight is 326 g/mol. The lowest BCUT2D eigenvalue weighted by Crippen LogP contribution is -2.39.